The van der Waals surface area contributed by atoms with Crippen molar-refractivity contribution >= 4 is 5.97 Å². The van der Waals surface area contributed by atoms with Crippen molar-refractivity contribution < 1.29 is 32.6 Å². The second-order valence-electron chi connectivity index (χ2n) is 2.94. The van der Waals surface area contributed by atoms with Gasteiger partial charge < -0.3 is 10.2 Å². The first-order chi connectivity index (χ1) is 7.34. The number of hydrogen-bond acceptors (Lipinski definition) is 2. The minimum Gasteiger partial charge on any atom is -0.479 e. The van der Waals surface area contributed by atoms with Crippen LogP contribution in [0.5, 0.6) is 0 Å². The van der Waals surface area contributed by atoms with E-state index in [-0.39, 0.29) is 0 Å². The first-order valence-corrected chi connectivity index (χ1v) is 4.02. The molecular weight excluding hydrogens is 232 g/mol. The molecule has 0 aliphatic rings. The summed E-state index contributed by atoms with van der Waals surface area (Å²) >= 11 is 0. The summed E-state index contributed by atoms with van der Waals surface area (Å²) in [5.41, 5.74) is -2.08. The van der Waals surface area contributed by atoms with Gasteiger partial charge in [0.25, 0.3) is 6.43 Å². The molecule has 0 radical (unpaired) electrons. The second kappa shape index (κ2) is 4.48. The highest BCUT2D eigenvalue weighted by Crippen LogP contribution is 2.28. The number of aliphatic hydroxyl groups excluding tert-OH is 1. The van der Waals surface area contributed by atoms with Crippen molar-refractivity contribution in [2.75, 3.05) is 0 Å². The molecule has 2 N–H and O–H groups in total. The third-order valence-corrected chi connectivity index (χ3v) is 1.87. The first-order valence-electron chi connectivity index (χ1n) is 4.02. The summed E-state index contributed by atoms with van der Waals surface area (Å²) in [5.74, 6) is -4.92. The van der Waals surface area contributed by atoms with Crippen LogP contribution in [0.3, 0.4) is 0 Å². The van der Waals surface area contributed by atoms with Crippen LogP contribution in [0.2, 0.25) is 0 Å². The highest BCUT2D eigenvalue weighted by molar-refractivity contribution is 5.74. The number of carbonyl (C=O) groups is 1. The van der Waals surface area contributed by atoms with Gasteiger partial charge in [0.1, 0.15) is 11.6 Å². The summed E-state index contributed by atoms with van der Waals surface area (Å²) in [6.07, 6.45) is -5.51. The number of carboxylic acid groups (broad SMARTS) is 1. The Bertz CT molecular complexity index is 396. The van der Waals surface area contributed by atoms with Gasteiger partial charge in [0.2, 0.25) is 0 Å². The molecule has 0 aromatic heterocycles. The Labute approximate surface area is 86.9 Å². The van der Waals surface area contributed by atoms with E-state index in [4.69, 9.17) is 10.2 Å². The summed E-state index contributed by atoms with van der Waals surface area (Å²) in [6.45, 7) is 0. The van der Waals surface area contributed by atoms with Crippen molar-refractivity contribution in [3.05, 3.63) is 34.9 Å². The summed E-state index contributed by atoms with van der Waals surface area (Å²) in [4.78, 5) is 10.3. The lowest BCUT2D eigenvalue weighted by Gasteiger charge is -2.09. The second-order valence-corrected chi connectivity index (χ2v) is 2.94. The molecule has 1 atom stereocenters. The van der Waals surface area contributed by atoms with E-state index in [0.29, 0.717) is 12.1 Å². The number of carboxylic acids is 1. The van der Waals surface area contributed by atoms with Gasteiger partial charge in [-0.05, 0) is 17.7 Å². The molecule has 0 heterocycles. The maximum Gasteiger partial charge on any atom is 0.337 e. The van der Waals surface area contributed by atoms with Crippen molar-refractivity contribution in [2.45, 2.75) is 12.5 Å². The Balaban J connectivity index is 3.24. The quantitative estimate of drug-likeness (QED) is 0.792. The molecule has 1 rings (SSSR count). The fourth-order valence-electron chi connectivity index (χ4n) is 1.11. The molecule has 1 aromatic rings. The van der Waals surface area contributed by atoms with E-state index in [1.54, 1.807) is 0 Å². The molecule has 1 aromatic carbocycles. The van der Waals surface area contributed by atoms with Gasteiger partial charge in [-0.25, -0.2) is 22.4 Å². The minimum absolute atomic E-state index is 0.364. The Morgan fingerprint density at radius 1 is 1.19 bits per heavy atom. The van der Waals surface area contributed by atoms with Crippen LogP contribution in [0, 0.1) is 11.6 Å². The zero-order valence-electron chi connectivity index (χ0n) is 7.62. The van der Waals surface area contributed by atoms with E-state index >= 15 is 0 Å². The molecule has 7 heteroatoms. The zero-order valence-corrected chi connectivity index (χ0v) is 7.62. The molecule has 0 amide bonds. The molecule has 0 fully saturated rings. The molecule has 16 heavy (non-hydrogen) atoms. The van der Waals surface area contributed by atoms with Crippen molar-refractivity contribution in [1.82, 2.24) is 0 Å². The lowest BCUT2D eigenvalue weighted by Crippen LogP contribution is -2.12. The predicted molar refractivity (Wildman–Crippen MR) is 43.9 cm³/mol. The van der Waals surface area contributed by atoms with Gasteiger partial charge in [-0.2, -0.15) is 0 Å². The Hall–Kier alpha value is -1.63. The van der Waals surface area contributed by atoms with Crippen LogP contribution in [0.25, 0.3) is 0 Å². The lowest BCUT2D eigenvalue weighted by molar-refractivity contribution is -0.146. The molecule has 0 aliphatic carbocycles. The van der Waals surface area contributed by atoms with Crippen LogP contribution in [0.15, 0.2) is 12.1 Å². The van der Waals surface area contributed by atoms with E-state index in [0.717, 1.165) is 0 Å². The van der Waals surface area contributed by atoms with E-state index in [9.17, 15) is 22.4 Å². The van der Waals surface area contributed by atoms with Gasteiger partial charge >= 0.3 is 5.97 Å². The highest BCUT2D eigenvalue weighted by Gasteiger charge is 2.24. The van der Waals surface area contributed by atoms with Crippen LogP contribution < -0.4 is 0 Å². The molecule has 0 saturated heterocycles. The van der Waals surface area contributed by atoms with E-state index in [2.05, 4.69) is 0 Å². The number of hydrogen-bond donors (Lipinski definition) is 2. The van der Waals surface area contributed by atoms with Crippen molar-refractivity contribution in [3.8, 4) is 0 Å². The van der Waals surface area contributed by atoms with Gasteiger partial charge in [-0.3, -0.25) is 0 Å². The van der Waals surface area contributed by atoms with Gasteiger partial charge in [0.15, 0.2) is 6.10 Å². The Kier molecular flexibility index (Phi) is 3.48. The molecule has 0 aliphatic heterocycles. The Morgan fingerprint density at radius 2 is 1.62 bits per heavy atom. The fraction of sp³-hybridized carbons (Fsp3) is 0.222. The molecule has 1 unspecified atom stereocenters. The van der Waals surface area contributed by atoms with Gasteiger partial charge in [-0.1, -0.05) is 0 Å². The maximum atomic E-state index is 13.0. The third-order valence-electron chi connectivity index (χ3n) is 1.87. The average molecular weight is 238 g/mol. The van der Waals surface area contributed by atoms with Crippen LogP contribution in [-0.4, -0.2) is 16.2 Å². The van der Waals surface area contributed by atoms with Crippen molar-refractivity contribution in [3.63, 3.8) is 0 Å². The largest absolute Gasteiger partial charge is 0.479 e. The average Bonchev–Trinajstić information content (AvgIpc) is 2.14. The van der Waals surface area contributed by atoms with E-state index < -0.39 is 41.3 Å². The summed E-state index contributed by atoms with van der Waals surface area (Å²) in [5, 5.41) is 17.3. The predicted octanol–water partition coefficient (Wildman–Crippen LogP) is 2.02. The topological polar surface area (TPSA) is 57.5 Å². The van der Waals surface area contributed by atoms with E-state index in [1.165, 1.54) is 0 Å². The monoisotopic (exact) mass is 238 g/mol. The first kappa shape index (κ1) is 12.4. The van der Waals surface area contributed by atoms with Gasteiger partial charge in [0.05, 0.1) is 5.56 Å². The van der Waals surface area contributed by atoms with Gasteiger partial charge in [-0.15, -0.1) is 0 Å². The summed E-state index contributed by atoms with van der Waals surface area (Å²) < 4.78 is 50.2. The number of rotatable bonds is 3. The highest BCUT2D eigenvalue weighted by atomic mass is 19.3. The van der Waals surface area contributed by atoms with Crippen LogP contribution in [0.1, 0.15) is 23.7 Å². The normalized spacial score (nSPS) is 12.9. The van der Waals surface area contributed by atoms with E-state index in [1.807, 2.05) is 0 Å². The van der Waals surface area contributed by atoms with Crippen LogP contribution in [0.4, 0.5) is 17.6 Å². The number of alkyl halides is 2. The van der Waals surface area contributed by atoms with Crippen molar-refractivity contribution in [2.24, 2.45) is 0 Å². The van der Waals surface area contributed by atoms with Gasteiger partial charge in [0, 0.05) is 0 Å². The molecular formula is C9H6F4O3. The fourth-order valence-corrected chi connectivity index (χ4v) is 1.11. The smallest absolute Gasteiger partial charge is 0.337 e. The SMILES string of the molecule is O=C(O)C(O)c1cc(F)c(C(F)F)c(F)c1. The number of benzene rings is 1. The standard InChI is InChI=1S/C9H6F4O3/c10-4-1-3(7(14)9(15)16)2-5(11)6(4)8(12)13/h1-2,7-8,14H,(H,15,16). The zero-order chi connectivity index (χ0) is 12.5. The molecule has 0 saturated carbocycles. The molecule has 0 spiro atoms. The Morgan fingerprint density at radius 3 is 1.94 bits per heavy atom. The lowest BCUT2D eigenvalue weighted by atomic mass is 10.1. The van der Waals surface area contributed by atoms with Crippen LogP contribution >= 0.6 is 0 Å². The molecule has 3 nitrogen and oxygen atoms in total. The number of aliphatic carboxylic acids is 1. The summed E-state index contributed by atoms with van der Waals surface area (Å²) in [7, 11) is 0. The van der Waals surface area contributed by atoms with Crippen LogP contribution in [-0.2, 0) is 4.79 Å². The minimum atomic E-state index is -3.35. The molecule has 88 valence electrons. The maximum absolute atomic E-state index is 13.0. The number of aliphatic hydroxyl groups is 1. The third kappa shape index (κ3) is 2.30. The number of halogens is 4. The summed E-state index contributed by atoms with van der Waals surface area (Å²) in [6, 6.07) is 0.729. The van der Waals surface area contributed by atoms with Crippen molar-refractivity contribution in [1.29, 1.82) is 0 Å². The molecule has 0 bridgehead atoms.